The molecule has 2 atom stereocenters. The summed E-state index contributed by atoms with van der Waals surface area (Å²) in [7, 11) is 0. The number of carboxylic acids is 1. The lowest BCUT2D eigenvalue weighted by molar-refractivity contribution is -0.138. The molecule has 0 rings (SSSR count). The molecular weight excluding hydrogens is 208 g/mol. The van der Waals surface area contributed by atoms with Crippen LogP contribution < -0.4 is 10.6 Å². The molecule has 0 aliphatic rings. The van der Waals surface area contributed by atoms with Gasteiger partial charge in [-0.1, -0.05) is 13.8 Å². The molecule has 5 nitrogen and oxygen atoms in total. The van der Waals surface area contributed by atoms with Gasteiger partial charge < -0.3 is 15.7 Å². The quantitative estimate of drug-likeness (QED) is 0.648. The molecule has 0 heterocycles. The highest BCUT2D eigenvalue weighted by Crippen LogP contribution is 2.06. The average molecular weight is 230 g/mol. The second kappa shape index (κ2) is 7.09. The highest BCUT2D eigenvalue weighted by Gasteiger charge is 2.15. The monoisotopic (exact) mass is 230 g/mol. The topological polar surface area (TPSA) is 78.4 Å². The van der Waals surface area contributed by atoms with Crippen LogP contribution in [-0.2, 0) is 4.79 Å². The molecule has 0 aromatic rings. The second-order valence-electron chi connectivity index (χ2n) is 4.55. The Morgan fingerprint density at radius 2 is 1.62 bits per heavy atom. The van der Waals surface area contributed by atoms with Gasteiger partial charge in [0.2, 0.25) is 0 Å². The molecule has 0 radical (unpaired) electrons. The van der Waals surface area contributed by atoms with Crippen molar-refractivity contribution >= 4 is 12.0 Å². The zero-order valence-corrected chi connectivity index (χ0v) is 10.4. The number of rotatable bonds is 6. The highest BCUT2D eigenvalue weighted by atomic mass is 16.4. The van der Waals surface area contributed by atoms with E-state index < -0.39 is 18.0 Å². The number of aliphatic carboxylic acids is 1. The van der Waals surface area contributed by atoms with Crippen LogP contribution in [0.4, 0.5) is 4.79 Å². The Morgan fingerprint density at radius 3 is 2.06 bits per heavy atom. The molecule has 3 N–H and O–H groups in total. The van der Waals surface area contributed by atoms with Crippen molar-refractivity contribution in [3.63, 3.8) is 0 Å². The van der Waals surface area contributed by atoms with Crippen molar-refractivity contribution in [1.82, 2.24) is 10.6 Å². The van der Waals surface area contributed by atoms with Gasteiger partial charge in [-0.2, -0.15) is 0 Å². The first kappa shape index (κ1) is 14.7. The lowest BCUT2D eigenvalue weighted by Crippen LogP contribution is -2.47. The maximum absolute atomic E-state index is 11.3. The minimum atomic E-state index is -1.04. The van der Waals surface area contributed by atoms with E-state index in [1.54, 1.807) is 0 Å². The largest absolute Gasteiger partial charge is 0.480 e. The van der Waals surface area contributed by atoms with Crippen molar-refractivity contribution in [2.75, 3.05) is 0 Å². The number of carbonyl (C=O) groups excluding carboxylic acids is 1. The van der Waals surface area contributed by atoms with Gasteiger partial charge >= 0.3 is 12.0 Å². The summed E-state index contributed by atoms with van der Waals surface area (Å²) >= 11 is 0. The molecule has 0 aromatic carbocycles. The first-order valence-electron chi connectivity index (χ1n) is 5.62. The van der Waals surface area contributed by atoms with E-state index in [9.17, 15) is 9.59 Å². The summed E-state index contributed by atoms with van der Waals surface area (Å²) in [5.74, 6) is -0.435. The third-order valence-electron chi connectivity index (χ3n) is 2.27. The Kier molecular flexibility index (Phi) is 6.53. The maximum Gasteiger partial charge on any atom is 0.325 e. The van der Waals surface area contributed by atoms with Crippen LogP contribution in [0, 0.1) is 5.92 Å². The fraction of sp³-hybridized carbons (Fsp3) is 0.818. The van der Waals surface area contributed by atoms with Gasteiger partial charge in [0.05, 0.1) is 0 Å². The molecule has 2 amide bonds. The van der Waals surface area contributed by atoms with E-state index in [0.717, 1.165) is 12.8 Å². The van der Waals surface area contributed by atoms with E-state index >= 15 is 0 Å². The van der Waals surface area contributed by atoms with Gasteiger partial charge in [0.25, 0.3) is 0 Å². The summed E-state index contributed by atoms with van der Waals surface area (Å²) in [6, 6.07) is -1.23. The van der Waals surface area contributed by atoms with Crippen molar-refractivity contribution < 1.29 is 14.7 Å². The SMILES string of the molecule is CC(C)CCC(C)NC(=O)NC(C)C(=O)O. The third kappa shape index (κ3) is 7.09. The predicted molar refractivity (Wildman–Crippen MR) is 62.3 cm³/mol. The summed E-state index contributed by atoms with van der Waals surface area (Å²) in [5.41, 5.74) is 0. The van der Waals surface area contributed by atoms with Crippen molar-refractivity contribution in [2.24, 2.45) is 5.92 Å². The summed E-state index contributed by atoms with van der Waals surface area (Å²) in [6.07, 6.45) is 1.93. The normalized spacial score (nSPS) is 14.3. The van der Waals surface area contributed by atoms with E-state index in [-0.39, 0.29) is 6.04 Å². The van der Waals surface area contributed by atoms with E-state index in [0.29, 0.717) is 5.92 Å². The van der Waals surface area contributed by atoms with E-state index in [1.165, 1.54) is 6.92 Å². The van der Waals surface area contributed by atoms with Crippen LogP contribution in [-0.4, -0.2) is 29.2 Å². The lowest BCUT2D eigenvalue weighted by Gasteiger charge is -2.17. The number of urea groups is 1. The molecular formula is C11H22N2O3. The summed E-state index contributed by atoms with van der Waals surface area (Å²) in [5, 5.41) is 13.7. The van der Waals surface area contributed by atoms with Crippen LogP contribution in [0.1, 0.15) is 40.5 Å². The van der Waals surface area contributed by atoms with Gasteiger partial charge in [0.1, 0.15) is 6.04 Å². The molecule has 94 valence electrons. The van der Waals surface area contributed by atoms with Crippen LogP contribution in [0.3, 0.4) is 0 Å². The van der Waals surface area contributed by atoms with Gasteiger partial charge in [-0.05, 0) is 32.6 Å². The van der Waals surface area contributed by atoms with Crippen molar-refractivity contribution in [2.45, 2.75) is 52.6 Å². The number of carbonyl (C=O) groups is 2. The molecule has 0 aromatic heterocycles. The summed E-state index contributed by atoms with van der Waals surface area (Å²) in [4.78, 5) is 21.8. The number of hydrogen-bond donors (Lipinski definition) is 3. The number of carboxylic acid groups (broad SMARTS) is 1. The zero-order valence-electron chi connectivity index (χ0n) is 10.4. The molecule has 0 saturated heterocycles. The first-order chi connectivity index (χ1) is 7.32. The first-order valence-corrected chi connectivity index (χ1v) is 5.62. The van der Waals surface area contributed by atoms with Gasteiger partial charge in [0, 0.05) is 6.04 Å². The highest BCUT2D eigenvalue weighted by molar-refractivity contribution is 5.82. The minimum Gasteiger partial charge on any atom is -0.480 e. The maximum atomic E-state index is 11.3. The Bertz CT molecular complexity index is 241. The standard InChI is InChI=1S/C11H22N2O3/c1-7(2)5-6-8(3)12-11(16)13-9(4)10(14)15/h7-9H,5-6H2,1-4H3,(H,14,15)(H2,12,13,16). The Labute approximate surface area is 96.6 Å². The van der Waals surface area contributed by atoms with E-state index in [4.69, 9.17) is 5.11 Å². The fourth-order valence-corrected chi connectivity index (χ4v) is 1.18. The Morgan fingerprint density at radius 1 is 1.06 bits per heavy atom. The Balaban J connectivity index is 3.82. The number of nitrogens with one attached hydrogen (secondary N) is 2. The van der Waals surface area contributed by atoms with Crippen LogP contribution in [0.5, 0.6) is 0 Å². The number of hydrogen-bond acceptors (Lipinski definition) is 2. The molecule has 0 spiro atoms. The van der Waals surface area contributed by atoms with Crippen LogP contribution in [0.2, 0.25) is 0 Å². The van der Waals surface area contributed by atoms with Crippen molar-refractivity contribution in [3.05, 3.63) is 0 Å². The van der Waals surface area contributed by atoms with Gasteiger partial charge in [-0.15, -0.1) is 0 Å². The molecule has 0 aliphatic carbocycles. The molecule has 0 aliphatic heterocycles. The molecule has 5 heteroatoms. The number of amides is 2. The second-order valence-corrected chi connectivity index (χ2v) is 4.55. The van der Waals surface area contributed by atoms with Crippen LogP contribution in [0.25, 0.3) is 0 Å². The third-order valence-corrected chi connectivity index (χ3v) is 2.27. The summed E-state index contributed by atoms with van der Waals surface area (Å²) < 4.78 is 0. The van der Waals surface area contributed by atoms with Gasteiger partial charge in [0.15, 0.2) is 0 Å². The predicted octanol–water partition coefficient (Wildman–Crippen LogP) is 1.58. The Hall–Kier alpha value is -1.26. The zero-order chi connectivity index (χ0) is 12.7. The van der Waals surface area contributed by atoms with Crippen LogP contribution in [0.15, 0.2) is 0 Å². The van der Waals surface area contributed by atoms with Crippen molar-refractivity contribution in [3.8, 4) is 0 Å². The fourth-order valence-electron chi connectivity index (χ4n) is 1.18. The molecule has 2 unspecified atom stereocenters. The molecule has 16 heavy (non-hydrogen) atoms. The van der Waals surface area contributed by atoms with Crippen LogP contribution >= 0.6 is 0 Å². The molecule has 0 bridgehead atoms. The van der Waals surface area contributed by atoms with Gasteiger partial charge in [-0.25, -0.2) is 4.79 Å². The van der Waals surface area contributed by atoms with E-state index in [2.05, 4.69) is 24.5 Å². The minimum absolute atomic E-state index is 0.0587. The molecule has 0 fully saturated rings. The molecule has 0 saturated carbocycles. The lowest BCUT2D eigenvalue weighted by atomic mass is 10.0. The van der Waals surface area contributed by atoms with Gasteiger partial charge in [-0.3, -0.25) is 4.79 Å². The summed E-state index contributed by atoms with van der Waals surface area (Å²) in [6.45, 7) is 7.59. The smallest absolute Gasteiger partial charge is 0.325 e. The van der Waals surface area contributed by atoms with Crippen molar-refractivity contribution in [1.29, 1.82) is 0 Å². The average Bonchev–Trinajstić information content (AvgIpc) is 2.14. The van der Waals surface area contributed by atoms with E-state index in [1.807, 2.05) is 6.92 Å².